The predicted molar refractivity (Wildman–Crippen MR) is 102 cm³/mol. The van der Waals surface area contributed by atoms with Gasteiger partial charge in [-0.15, -0.1) is 0 Å². The van der Waals surface area contributed by atoms with Crippen molar-refractivity contribution in [3.8, 4) is 0 Å². The summed E-state index contributed by atoms with van der Waals surface area (Å²) in [6.45, 7) is 3.58. The summed E-state index contributed by atoms with van der Waals surface area (Å²) >= 11 is 12.2. The number of nitrogens with one attached hydrogen (secondary N) is 1. The molecule has 6 heteroatoms. The Morgan fingerprint density at radius 1 is 1.00 bits per heavy atom. The Morgan fingerprint density at radius 2 is 1.56 bits per heavy atom. The van der Waals surface area contributed by atoms with Crippen LogP contribution in [0.2, 0.25) is 10.0 Å². The summed E-state index contributed by atoms with van der Waals surface area (Å²) in [4.78, 5) is 27.0. The first-order valence-electron chi connectivity index (χ1n) is 7.78. The lowest BCUT2D eigenvalue weighted by molar-refractivity contribution is -0.145. The molecule has 2 rings (SSSR count). The molecule has 0 aromatic heterocycles. The Bertz CT molecular complexity index is 756. The maximum Gasteiger partial charge on any atom is 0.239 e. The predicted octanol–water partition coefficient (Wildman–Crippen LogP) is 4.62. The normalized spacial score (nSPS) is 11.1. The highest BCUT2D eigenvalue weighted by Crippen LogP contribution is 2.32. The molecule has 0 spiro atoms. The van der Waals surface area contributed by atoms with Crippen molar-refractivity contribution in [3.05, 3.63) is 64.1 Å². The number of amides is 2. The fourth-order valence-electron chi connectivity index (χ4n) is 2.39. The van der Waals surface area contributed by atoms with E-state index in [1.54, 1.807) is 39.1 Å². The molecule has 0 radical (unpaired) electrons. The number of hydrogen-bond acceptors (Lipinski definition) is 2. The summed E-state index contributed by atoms with van der Waals surface area (Å²) in [5.74, 6) is -0.760. The van der Waals surface area contributed by atoms with Crippen LogP contribution in [0.3, 0.4) is 0 Å². The summed E-state index contributed by atoms with van der Waals surface area (Å²) in [6, 6.07) is 14.5. The molecule has 132 valence electrons. The van der Waals surface area contributed by atoms with Crippen molar-refractivity contribution in [2.75, 3.05) is 12.4 Å². The van der Waals surface area contributed by atoms with Crippen LogP contribution in [-0.2, 0) is 16.1 Å². The van der Waals surface area contributed by atoms with Crippen LogP contribution in [0, 0.1) is 5.41 Å². The van der Waals surface area contributed by atoms with Crippen LogP contribution in [0.25, 0.3) is 0 Å². The lowest BCUT2D eigenvalue weighted by atomic mass is 9.90. The number of hydrogen-bond donors (Lipinski definition) is 1. The summed E-state index contributed by atoms with van der Waals surface area (Å²) < 4.78 is 0. The van der Waals surface area contributed by atoms with Gasteiger partial charge in [-0.2, -0.15) is 0 Å². The second-order valence-electron chi connectivity index (χ2n) is 6.32. The van der Waals surface area contributed by atoms with Gasteiger partial charge in [-0.3, -0.25) is 9.59 Å². The number of carbonyl (C=O) groups excluding carboxylic acids is 2. The molecule has 0 saturated carbocycles. The van der Waals surface area contributed by atoms with Gasteiger partial charge in [0.25, 0.3) is 0 Å². The van der Waals surface area contributed by atoms with E-state index in [2.05, 4.69) is 5.32 Å². The molecule has 0 bridgehead atoms. The molecule has 1 N–H and O–H groups in total. The van der Waals surface area contributed by atoms with Gasteiger partial charge in [-0.25, -0.2) is 0 Å². The number of carbonyl (C=O) groups is 2. The fourth-order valence-corrected chi connectivity index (χ4v) is 2.88. The number of para-hydroxylation sites is 1. The molecule has 0 heterocycles. The van der Waals surface area contributed by atoms with Crippen LogP contribution in [0.4, 0.5) is 5.69 Å². The van der Waals surface area contributed by atoms with E-state index >= 15 is 0 Å². The number of nitrogens with zero attached hydrogens (tertiary/aromatic N) is 1. The second kappa shape index (κ2) is 7.89. The smallest absolute Gasteiger partial charge is 0.239 e. The van der Waals surface area contributed by atoms with Gasteiger partial charge in [0, 0.05) is 13.6 Å². The molecular weight excluding hydrogens is 359 g/mol. The largest absolute Gasteiger partial charge is 0.341 e. The van der Waals surface area contributed by atoms with E-state index in [1.807, 2.05) is 30.3 Å². The molecule has 2 aromatic carbocycles. The Hall–Kier alpha value is -2.04. The van der Waals surface area contributed by atoms with Crippen molar-refractivity contribution >= 4 is 40.7 Å². The minimum absolute atomic E-state index is 0.294. The molecule has 25 heavy (non-hydrogen) atoms. The SMILES string of the molecule is CN(Cc1ccccc1)C(=O)C(C)(C)C(=O)Nc1c(Cl)cccc1Cl. The molecule has 0 aliphatic heterocycles. The van der Waals surface area contributed by atoms with Crippen molar-refractivity contribution < 1.29 is 9.59 Å². The van der Waals surface area contributed by atoms with E-state index in [1.165, 1.54) is 4.90 Å². The molecule has 0 atom stereocenters. The van der Waals surface area contributed by atoms with Crippen LogP contribution in [-0.4, -0.2) is 23.8 Å². The third-order valence-electron chi connectivity index (χ3n) is 3.91. The zero-order valence-corrected chi connectivity index (χ0v) is 15.9. The first-order chi connectivity index (χ1) is 11.7. The molecule has 2 aromatic rings. The van der Waals surface area contributed by atoms with Crippen LogP contribution in [0.15, 0.2) is 48.5 Å². The maximum absolute atomic E-state index is 12.8. The first kappa shape index (κ1) is 19.3. The van der Waals surface area contributed by atoms with Gasteiger partial charge < -0.3 is 10.2 Å². The third-order valence-corrected chi connectivity index (χ3v) is 4.54. The van der Waals surface area contributed by atoms with Crippen LogP contribution in [0.1, 0.15) is 19.4 Å². The first-order valence-corrected chi connectivity index (χ1v) is 8.54. The molecule has 2 amide bonds. The second-order valence-corrected chi connectivity index (χ2v) is 7.14. The summed E-state index contributed by atoms with van der Waals surface area (Å²) in [6.07, 6.45) is 0. The fraction of sp³-hybridized carbons (Fsp3) is 0.263. The molecule has 0 unspecified atom stereocenters. The third kappa shape index (κ3) is 4.53. The van der Waals surface area contributed by atoms with Crippen LogP contribution < -0.4 is 5.32 Å². The standard InChI is InChI=1S/C19H20Cl2N2O2/c1-19(2,17(24)22-16-14(20)10-7-11-15(16)21)18(25)23(3)12-13-8-5-4-6-9-13/h4-11H,12H2,1-3H3,(H,22,24). The Kier molecular flexibility index (Phi) is 6.09. The van der Waals surface area contributed by atoms with E-state index in [0.29, 0.717) is 22.3 Å². The number of rotatable bonds is 5. The van der Waals surface area contributed by atoms with Crippen LogP contribution >= 0.6 is 23.2 Å². The van der Waals surface area contributed by atoms with Gasteiger partial charge >= 0.3 is 0 Å². The van der Waals surface area contributed by atoms with Crippen molar-refractivity contribution in [2.45, 2.75) is 20.4 Å². The maximum atomic E-state index is 12.8. The Morgan fingerprint density at radius 3 is 2.12 bits per heavy atom. The Labute approximate surface area is 157 Å². The highest BCUT2D eigenvalue weighted by molar-refractivity contribution is 6.40. The lowest BCUT2D eigenvalue weighted by Gasteiger charge is -2.28. The van der Waals surface area contributed by atoms with Gasteiger partial charge in [0.1, 0.15) is 5.41 Å². The molecule has 0 aliphatic carbocycles. The molecule has 0 aliphatic rings. The van der Waals surface area contributed by atoms with E-state index in [9.17, 15) is 9.59 Å². The lowest BCUT2D eigenvalue weighted by Crippen LogP contribution is -2.45. The minimum atomic E-state index is -1.27. The van der Waals surface area contributed by atoms with E-state index in [0.717, 1.165) is 5.56 Å². The number of benzene rings is 2. The highest BCUT2D eigenvalue weighted by Gasteiger charge is 2.38. The van der Waals surface area contributed by atoms with Gasteiger partial charge in [0.2, 0.25) is 11.8 Å². The highest BCUT2D eigenvalue weighted by atomic mass is 35.5. The molecular formula is C19H20Cl2N2O2. The van der Waals surface area contributed by atoms with Gasteiger partial charge in [-0.1, -0.05) is 59.6 Å². The molecule has 0 saturated heterocycles. The van der Waals surface area contributed by atoms with E-state index < -0.39 is 11.3 Å². The van der Waals surface area contributed by atoms with Gasteiger partial charge in [0.05, 0.1) is 15.7 Å². The average molecular weight is 379 g/mol. The Balaban J connectivity index is 2.13. The molecule has 4 nitrogen and oxygen atoms in total. The van der Waals surface area contributed by atoms with E-state index in [4.69, 9.17) is 23.2 Å². The zero-order chi connectivity index (χ0) is 18.6. The average Bonchev–Trinajstić information content (AvgIpc) is 2.58. The van der Waals surface area contributed by atoms with Gasteiger partial charge in [0.15, 0.2) is 0 Å². The number of halogens is 2. The molecule has 0 fully saturated rings. The van der Waals surface area contributed by atoms with Crippen molar-refractivity contribution in [1.29, 1.82) is 0 Å². The van der Waals surface area contributed by atoms with E-state index in [-0.39, 0.29) is 5.91 Å². The summed E-state index contributed by atoms with van der Waals surface area (Å²) in [5, 5.41) is 3.31. The zero-order valence-electron chi connectivity index (χ0n) is 14.3. The van der Waals surface area contributed by atoms with Crippen LogP contribution in [0.5, 0.6) is 0 Å². The summed E-state index contributed by atoms with van der Waals surface area (Å²) in [7, 11) is 1.67. The topological polar surface area (TPSA) is 49.4 Å². The quantitative estimate of drug-likeness (QED) is 0.771. The van der Waals surface area contributed by atoms with Gasteiger partial charge in [-0.05, 0) is 31.5 Å². The van der Waals surface area contributed by atoms with Crippen molar-refractivity contribution in [2.24, 2.45) is 5.41 Å². The monoisotopic (exact) mass is 378 g/mol. The van der Waals surface area contributed by atoms with Crippen molar-refractivity contribution in [1.82, 2.24) is 4.90 Å². The number of anilines is 1. The summed E-state index contributed by atoms with van der Waals surface area (Å²) in [5.41, 5.74) is 0.0255. The van der Waals surface area contributed by atoms with Crippen molar-refractivity contribution in [3.63, 3.8) is 0 Å². The minimum Gasteiger partial charge on any atom is -0.341 e.